The Morgan fingerprint density at radius 3 is 2.65 bits per heavy atom. The first-order valence-corrected chi connectivity index (χ1v) is 6.13. The third kappa shape index (κ3) is 2.40. The van der Waals surface area contributed by atoms with Gasteiger partial charge in [-0.2, -0.15) is 4.39 Å². The molecule has 2 aromatic heterocycles. The highest BCUT2D eigenvalue weighted by Gasteiger charge is 2.07. The molecule has 0 bridgehead atoms. The maximum Gasteiger partial charge on any atom is 0.213 e. The molecule has 0 atom stereocenters. The minimum Gasteiger partial charge on any atom is -0.353 e. The van der Waals surface area contributed by atoms with Crippen molar-refractivity contribution < 1.29 is 8.78 Å². The quantitative estimate of drug-likeness (QED) is 0.715. The van der Waals surface area contributed by atoms with E-state index < -0.39 is 11.8 Å². The van der Waals surface area contributed by atoms with Crippen LogP contribution < -0.4 is 5.32 Å². The lowest BCUT2D eigenvalue weighted by molar-refractivity contribution is 0.586. The van der Waals surface area contributed by atoms with E-state index in [1.165, 1.54) is 30.6 Å². The summed E-state index contributed by atoms with van der Waals surface area (Å²) in [5.41, 5.74) is 1.31. The van der Waals surface area contributed by atoms with Crippen LogP contribution in [0.5, 0.6) is 0 Å². The lowest BCUT2D eigenvalue weighted by atomic mass is 10.2. The maximum atomic E-state index is 13.8. The van der Waals surface area contributed by atoms with Gasteiger partial charge in [-0.3, -0.25) is 4.98 Å². The number of nitrogens with zero attached hydrogens (tertiary/aromatic N) is 2. The van der Waals surface area contributed by atoms with Crippen LogP contribution >= 0.6 is 11.6 Å². The number of anilines is 2. The minimum atomic E-state index is -0.620. The van der Waals surface area contributed by atoms with E-state index in [1.807, 2.05) is 0 Å². The number of benzene rings is 1. The molecule has 100 valence electrons. The van der Waals surface area contributed by atoms with Crippen LogP contribution in [0.3, 0.4) is 0 Å². The van der Waals surface area contributed by atoms with E-state index in [4.69, 9.17) is 11.6 Å². The topological polar surface area (TPSA) is 37.8 Å². The fourth-order valence-electron chi connectivity index (χ4n) is 1.87. The molecule has 3 rings (SSSR count). The van der Waals surface area contributed by atoms with Gasteiger partial charge in [-0.25, -0.2) is 9.37 Å². The molecule has 3 aromatic rings. The van der Waals surface area contributed by atoms with Crippen LogP contribution in [0.4, 0.5) is 20.2 Å². The Hall–Kier alpha value is -2.27. The first-order valence-electron chi connectivity index (χ1n) is 5.76. The highest BCUT2D eigenvalue weighted by Crippen LogP contribution is 2.27. The Morgan fingerprint density at radius 2 is 1.85 bits per heavy atom. The summed E-state index contributed by atoms with van der Waals surface area (Å²) in [7, 11) is 0. The molecule has 0 fully saturated rings. The number of halogens is 3. The molecule has 1 aromatic carbocycles. The Labute approximate surface area is 118 Å². The summed E-state index contributed by atoms with van der Waals surface area (Å²) in [4.78, 5) is 7.61. The van der Waals surface area contributed by atoms with E-state index in [9.17, 15) is 8.78 Å². The van der Waals surface area contributed by atoms with E-state index in [0.29, 0.717) is 21.6 Å². The average Bonchev–Trinajstić information content (AvgIpc) is 2.42. The molecular weight excluding hydrogens is 284 g/mol. The predicted molar refractivity (Wildman–Crippen MR) is 74.2 cm³/mol. The Morgan fingerprint density at radius 1 is 1.00 bits per heavy atom. The van der Waals surface area contributed by atoms with Gasteiger partial charge in [0, 0.05) is 28.4 Å². The normalized spacial score (nSPS) is 10.8. The molecule has 20 heavy (non-hydrogen) atoms. The second kappa shape index (κ2) is 5.02. The van der Waals surface area contributed by atoms with Crippen molar-refractivity contribution in [3.8, 4) is 0 Å². The third-order valence-corrected chi connectivity index (χ3v) is 3.03. The minimum absolute atomic E-state index is 0.249. The van der Waals surface area contributed by atoms with Gasteiger partial charge in [0.25, 0.3) is 0 Å². The van der Waals surface area contributed by atoms with Gasteiger partial charge in [-0.05, 0) is 24.3 Å². The van der Waals surface area contributed by atoms with Crippen molar-refractivity contribution in [1.82, 2.24) is 9.97 Å². The summed E-state index contributed by atoms with van der Waals surface area (Å²) in [6.07, 6.45) is 2.87. The molecule has 0 radical (unpaired) electrons. The van der Waals surface area contributed by atoms with Crippen molar-refractivity contribution in [2.24, 2.45) is 0 Å². The highest BCUT2D eigenvalue weighted by atomic mass is 35.5. The van der Waals surface area contributed by atoms with Gasteiger partial charge in [-0.15, -0.1) is 0 Å². The first kappa shape index (κ1) is 12.7. The van der Waals surface area contributed by atoms with E-state index >= 15 is 0 Å². The molecule has 0 aliphatic heterocycles. The van der Waals surface area contributed by atoms with Crippen molar-refractivity contribution in [3.05, 3.63) is 59.5 Å². The fourth-order valence-corrected chi connectivity index (χ4v) is 2.03. The van der Waals surface area contributed by atoms with Crippen molar-refractivity contribution in [3.63, 3.8) is 0 Å². The molecule has 0 unspecified atom stereocenters. The van der Waals surface area contributed by atoms with Gasteiger partial charge in [0.15, 0.2) is 0 Å². The second-order valence-electron chi connectivity index (χ2n) is 4.13. The zero-order chi connectivity index (χ0) is 14.1. The molecule has 3 nitrogen and oxygen atoms in total. The summed E-state index contributed by atoms with van der Waals surface area (Å²) >= 11 is 5.70. The molecule has 1 N–H and O–H groups in total. The Kier molecular flexibility index (Phi) is 3.20. The number of nitrogens with one attached hydrogen (secondary N) is 1. The molecular formula is C14H8ClF2N3. The molecule has 0 amide bonds. The molecule has 0 aliphatic rings. The lowest BCUT2D eigenvalue weighted by Gasteiger charge is -2.10. The van der Waals surface area contributed by atoms with Crippen LogP contribution in [0.1, 0.15) is 0 Å². The van der Waals surface area contributed by atoms with Crippen LogP contribution in [-0.2, 0) is 0 Å². The van der Waals surface area contributed by atoms with Gasteiger partial charge in [0.2, 0.25) is 5.95 Å². The monoisotopic (exact) mass is 291 g/mol. The maximum absolute atomic E-state index is 13.8. The number of fused-ring (bicyclic) bond motifs is 1. The van der Waals surface area contributed by atoms with Gasteiger partial charge in [0.05, 0.1) is 17.4 Å². The van der Waals surface area contributed by atoms with Crippen molar-refractivity contribution in [1.29, 1.82) is 0 Å². The van der Waals surface area contributed by atoms with Crippen LogP contribution in [0.2, 0.25) is 5.02 Å². The summed E-state index contributed by atoms with van der Waals surface area (Å²) in [5, 5.41) is 3.73. The van der Waals surface area contributed by atoms with E-state index in [2.05, 4.69) is 15.3 Å². The van der Waals surface area contributed by atoms with Crippen LogP contribution in [-0.4, -0.2) is 9.97 Å². The van der Waals surface area contributed by atoms with Crippen molar-refractivity contribution in [2.75, 3.05) is 5.32 Å². The van der Waals surface area contributed by atoms with Gasteiger partial charge < -0.3 is 5.32 Å². The number of hydrogen-bond donors (Lipinski definition) is 1. The van der Waals surface area contributed by atoms with Gasteiger partial charge in [0.1, 0.15) is 5.82 Å². The number of pyridine rings is 2. The summed E-state index contributed by atoms with van der Waals surface area (Å²) in [5.74, 6) is -1.11. The van der Waals surface area contributed by atoms with E-state index in [1.54, 1.807) is 12.1 Å². The zero-order valence-electron chi connectivity index (χ0n) is 10.1. The SMILES string of the molecule is Fc1cc2c(Nc3ccc(Cl)cc3F)ccnc2cn1. The van der Waals surface area contributed by atoms with Crippen LogP contribution in [0, 0.1) is 11.8 Å². The molecule has 0 saturated carbocycles. The first-order chi connectivity index (χ1) is 9.63. The molecule has 2 heterocycles. The average molecular weight is 292 g/mol. The van der Waals surface area contributed by atoms with Crippen LogP contribution in [0.15, 0.2) is 42.7 Å². The molecule has 0 aliphatic carbocycles. The predicted octanol–water partition coefficient (Wildman–Crippen LogP) is 4.31. The number of aromatic nitrogens is 2. The van der Waals surface area contributed by atoms with Crippen molar-refractivity contribution in [2.45, 2.75) is 0 Å². The van der Waals surface area contributed by atoms with Crippen molar-refractivity contribution >= 4 is 33.9 Å². The smallest absolute Gasteiger partial charge is 0.213 e. The van der Waals surface area contributed by atoms with Gasteiger partial charge in [-0.1, -0.05) is 11.6 Å². The zero-order valence-corrected chi connectivity index (χ0v) is 10.8. The van der Waals surface area contributed by atoms with Gasteiger partial charge >= 0.3 is 0 Å². The third-order valence-electron chi connectivity index (χ3n) is 2.80. The summed E-state index contributed by atoms with van der Waals surface area (Å²) in [6.45, 7) is 0. The lowest BCUT2D eigenvalue weighted by Crippen LogP contribution is -1.96. The summed E-state index contributed by atoms with van der Waals surface area (Å²) < 4.78 is 27.0. The van der Waals surface area contributed by atoms with E-state index in [-0.39, 0.29) is 5.69 Å². The number of rotatable bonds is 2. The van der Waals surface area contributed by atoms with E-state index in [0.717, 1.165) is 0 Å². The standard InChI is InChI=1S/C14H8ClF2N3/c15-8-1-2-12(10(16)5-8)20-11-3-4-18-13-7-19-14(17)6-9(11)13/h1-7H,(H,18,20). The Balaban J connectivity index is 2.08. The highest BCUT2D eigenvalue weighted by molar-refractivity contribution is 6.30. The largest absolute Gasteiger partial charge is 0.353 e. The molecule has 6 heteroatoms. The molecule has 0 spiro atoms. The molecule has 0 saturated heterocycles. The number of hydrogen-bond acceptors (Lipinski definition) is 3. The Bertz CT molecular complexity index is 792. The van der Waals surface area contributed by atoms with Crippen LogP contribution in [0.25, 0.3) is 10.9 Å². The second-order valence-corrected chi connectivity index (χ2v) is 4.57. The summed E-state index contributed by atoms with van der Waals surface area (Å²) in [6, 6.07) is 7.17. The fraction of sp³-hybridized carbons (Fsp3) is 0.